The molecule has 0 spiro atoms. The van der Waals surface area contributed by atoms with Gasteiger partial charge in [0.05, 0.1) is 10.5 Å². The molecule has 0 aliphatic heterocycles. The van der Waals surface area contributed by atoms with E-state index in [1.54, 1.807) is 6.92 Å². The fourth-order valence-electron chi connectivity index (χ4n) is 2.46. The number of hydrogen-bond acceptors (Lipinski definition) is 4. The SMILES string of the molecule is Cc1c(NC(C)C2CCC2)cc(C(=O)O)cc1[N+](=O)[O-]. The number of carboxylic acids is 1. The Morgan fingerprint density at radius 2 is 2.15 bits per heavy atom. The number of nitrogens with one attached hydrogen (secondary N) is 1. The van der Waals surface area contributed by atoms with E-state index >= 15 is 0 Å². The van der Waals surface area contributed by atoms with E-state index in [0.717, 1.165) is 18.9 Å². The smallest absolute Gasteiger partial charge is 0.336 e. The summed E-state index contributed by atoms with van der Waals surface area (Å²) in [5.41, 5.74) is 0.793. The average Bonchev–Trinajstić information content (AvgIpc) is 2.28. The van der Waals surface area contributed by atoms with Crippen LogP contribution in [0.1, 0.15) is 42.1 Å². The maximum Gasteiger partial charge on any atom is 0.336 e. The highest BCUT2D eigenvalue weighted by atomic mass is 16.6. The molecule has 108 valence electrons. The molecule has 1 saturated carbocycles. The molecule has 0 bridgehead atoms. The topological polar surface area (TPSA) is 92.5 Å². The van der Waals surface area contributed by atoms with Crippen LogP contribution in [0.2, 0.25) is 0 Å². The molecule has 1 unspecified atom stereocenters. The number of rotatable bonds is 5. The molecule has 1 aromatic carbocycles. The highest BCUT2D eigenvalue weighted by Gasteiger charge is 2.26. The minimum atomic E-state index is -1.16. The van der Waals surface area contributed by atoms with Gasteiger partial charge >= 0.3 is 5.97 Å². The molecule has 6 heteroatoms. The molecule has 1 aliphatic rings. The number of hydrogen-bond donors (Lipinski definition) is 2. The van der Waals surface area contributed by atoms with E-state index in [1.165, 1.54) is 12.5 Å². The van der Waals surface area contributed by atoms with Crippen LogP contribution in [0, 0.1) is 23.0 Å². The van der Waals surface area contributed by atoms with Gasteiger partial charge in [0.25, 0.3) is 5.69 Å². The first kappa shape index (κ1) is 14.3. The standard InChI is InChI=1S/C14H18N2O4/c1-8-12(15-9(2)10-4-3-5-10)6-11(14(17)18)7-13(8)16(19)20/h6-7,9-10,15H,3-5H2,1-2H3,(H,17,18). The lowest BCUT2D eigenvalue weighted by Crippen LogP contribution is -2.31. The van der Waals surface area contributed by atoms with Crippen molar-refractivity contribution in [1.29, 1.82) is 0 Å². The molecular formula is C14H18N2O4. The van der Waals surface area contributed by atoms with Crippen molar-refractivity contribution in [3.63, 3.8) is 0 Å². The molecule has 1 fully saturated rings. The van der Waals surface area contributed by atoms with Crippen molar-refractivity contribution in [2.45, 2.75) is 39.2 Å². The Kier molecular flexibility index (Phi) is 3.92. The minimum Gasteiger partial charge on any atom is -0.478 e. The monoisotopic (exact) mass is 278 g/mol. The van der Waals surface area contributed by atoms with Crippen molar-refractivity contribution in [3.8, 4) is 0 Å². The molecule has 1 aromatic rings. The zero-order valence-corrected chi connectivity index (χ0v) is 11.5. The Morgan fingerprint density at radius 3 is 2.60 bits per heavy atom. The lowest BCUT2D eigenvalue weighted by atomic mass is 9.80. The van der Waals surface area contributed by atoms with Gasteiger partial charge in [-0.1, -0.05) is 6.42 Å². The summed E-state index contributed by atoms with van der Waals surface area (Å²) in [5.74, 6) is -0.602. The van der Waals surface area contributed by atoms with Gasteiger partial charge in [0.15, 0.2) is 0 Å². The minimum absolute atomic E-state index is 0.0643. The number of carboxylic acid groups (broad SMARTS) is 1. The van der Waals surface area contributed by atoms with E-state index < -0.39 is 10.9 Å². The number of benzene rings is 1. The van der Waals surface area contributed by atoms with Gasteiger partial charge in [-0.25, -0.2) is 4.79 Å². The summed E-state index contributed by atoms with van der Waals surface area (Å²) >= 11 is 0. The molecular weight excluding hydrogens is 260 g/mol. The van der Waals surface area contributed by atoms with Gasteiger partial charge in [-0.15, -0.1) is 0 Å². The fourth-order valence-corrected chi connectivity index (χ4v) is 2.46. The number of nitro benzene ring substituents is 1. The van der Waals surface area contributed by atoms with Crippen molar-refractivity contribution < 1.29 is 14.8 Å². The van der Waals surface area contributed by atoms with E-state index in [9.17, 15) is 14.9 Å². The average molecular weight is 278 g/mol. The van der Waals surface area contributed by atoms with E-state index in [2.05, 4.69) is 5.32 Å². The first-order valence-corrected chi connectivity index (χ1v) is 6.69. The Labute approximate surface area is 117 Å². The summed E-state index contributed by atoms with van der Waals surface area (Å²) in [4.78, 5) is 21.6. The Bertz CT molecular complexity index is 552. The van der Waals surface area contributed by atoms with Gasteiger partial charge in [0.2, 0.25) is 0 Å². The maximum absolute atomic E-state index is 11.1. The second-order valence-electron chi connectivity index (χ2n) is 5.35. The van der Waals surface area contributed by atoms with E-state index in [1.807, 2.05) is 6.92 Å². The molecule has 2 rings (SSSR count). The van der Waals surface area contributed by atoms with E-state index in [-0.39, 0.29) is 17.3 Å². The van der Waals surface area contributed by atoms with Crippen molar-refractivity contribution in [3.05, 3.63) is 33.4 Å². The highest BCUT2D eigenvalue weighted by molar-refractivity contribution is 5.90. The molecule has 0 heterocycles. The van der Waals surface area contributed by atoms with Gasteiger partial charge in [-0.3, -0.25) is 10.1 Å². The van der Waals surface area contributed by atoms with Crippen LogP contribution in [0.3, 0.4) is 0 Å². The van der Waals surface area contributed by atoms with Crippen molar-refractivity contribution in [1.82, 2.24) is 0 Å². The lowest BCUT2D eigenvalue weighted by molar-refractivity contribution is -0.385. The summed E-state index contributed by atoms with van der Waals surface area (Å²) in [6.07, 6.45) is 3.51. The summed E-state index contributed by atoms with van der Waals surface area (Å²) in [7, 11) is 0. The largest absolute Gasteiger partial charge is 0.478 e. The number of nitrogens with zero attached hydrogens (tertiary/aromatic N) is 1. The summed E-state index contributed by atoms with van der Waals surface area (Å²) in [6.45, 7) is 3.67. The van der Waals surface area contributed by atoms with Crippen LogP contribution in [0.5, 0.6) is 0 Å². The van der Waals surface area contributed by atoms with Gasteiger partial charge in [0, 0.05) is 23.4 Å². The lowest BCUT2D eigenvalue weighted by Gasteiger charge is -2.32. The summed E-state index contributed by atoms with van der Waals surface area (Å²) in [6, 6.07) is 2.77. The quantitative estimate of drug-likeness (QED) is 0.637. The van der Waals surface area contributed by atoms with Gasteiger partial charge in [-0.2, -0.15) is 0 Å². The molecule has 0 saturated heterocycles. The van der Waals surface area contributed by atoms with Crippen LogP contribution in [0.4, 0.5) is 11.4 Å². The van der Waals surface area contributed by atoms with E-state index in [4.69, 9.17) is 5.11 Å². The number of carbonyl (C=O) groups is 1. The van der Waals surface area contributed by atoms with Crippen LogP contribution in [0.15, 0.2) is 12.1 Å². The van der Waals surface area contributed by atoms with Crippen molar-refractivity contribution in [2.24, 2.45) is 5.92 Å². The van der Waals surface area contributed by atoms with Gasteiger partial charge < -0.3 is 10.4 Å². The molecule has 0 amide bonds. The van der Waals surface area contributed by atoms with Crippen molar-refractivity contribution in [2.75, 3.05) is 5.32 Å². The van der Waals surface area contributed by atoms with Crippen LogP contribution in [-0.4, -0.2) is 22.0 Å². The van der Waals surface area contributed by atoms with Crippen LogP contribution in [0.25, 0.3) is 0 Å². The first-order valence-electron chi connectivity index (χ1n) is 6.69. The molecule has 1 aliphatic carbocycles. The second-order valence-corrected chi connectivity index (χ2v) is 5.35. The number of anilines is 1. The van der Waals surface area contributed by atoms with Crippen LogP contribution >= 0.6 is 0 Å². The predicted molar refractivity (Wildman–Crippen MR) is 75.2 cm³/mol. The summed E-state index contributed by atoms with van der Waals surface area (Å²) in [5, 5.41) is 23.3. The normalized spacial score (nSPS) is 16.3. The third-order valence-electron chi connectivity index (χ3n) is 4.06. The number of aromatic carboxylic acids is 1. The van der Waals surface area contributed by atoms with E-state index in [0.29, 0.717) is 17.2 Å². The highest BCUT2D eigenvalue weighted by Crippen LogP contribution is 2.33. The Morgan fingerprint density at radius 1 is 1.50 bits per heavy atom. The van der Waals surface area contributed by atoms with Gasteiger partial charge in [-0.05, 0) is 38.7 Å². The summed E-state index contributed by atoms with van der Waals surface area (Å²) < 4.78 is 0. The predicted octanol–water partition coefficient (Wildman–Crippen LogP) is 3.20. The third kappa shape index (κ3) is 2.74. The van der Waals surface area contributed by atoms with Crippen LogP contribution in [-0.2, 0) is 0 Å². The number of nitro groups is 1. The zero-order chi connectivity index (χ0) is 14.9. The Balaban J connectivity index is 2.34. The van der Waals surface area contributed by atoms with Gasteiger partial charge in [0.1, 0.15) is 0 Å². The second kappa shape index (κ2) is 5.48. The van der Waals surface area contributed by atoms with Crippen LogP contribution < -0.4 is 5.32 Å². The zero-order valence-electron chi connectivity index (χ0n) is 11.5. The Hall–Kier alpha value is -2.11. The maximum atomic E-state index is 11.1. The van der Waals surface area contributed by atoms with Crippen molar-refractivity contribution >= 4 is 17.3 Å². The third-order valence-corrected chi connectivity index (χ3v) is 4.06. The molecule has 1 atom stereocenters. The molecule has 0 radical (unpaired) electrons. The molecule has 20 heavy (non-hydrogen) atoms. The molecule has 2 N–H and O–H groups in total. The first-order chi connectivity index (χ1) is 9.40. The fraction of sp³-hybridized carbons (Fsp3) is 0.500. The molecule has 0 aromatic heterocycles. The molecule has 6 nitrogen and oxygen atoms in total.